The lowest BCUT2D eigenvalue weighted by Gasteiger charge is -2.14. The molecule has 0 radical (unpaired) electrons. The molecule has 0 saturated heterocycles. The van der Waals surface area contributed by atoms with E-state index in [-0.39, 0.29) is 26.9 Å². The van der Waals surface area contributed by atoms with Crippen molar-refractivity contribution in [3.63, 3.8) is 0 Å². The Labute approximate surface area is 172 Å². The number of hydrogen-bond acceptors (Lipinski definition) is 4. The normalized spacial score (nSPS) is 11.5. The zero-order valence-electron chi connectivity index (χ0n) is 15.9. The average molecular weight is 421 g/mol. The monoisotopic (exact) mass is 421 g/mol. The number of carbonyl (C=O) groups is 1. The van der Waals surface area contributed by atoms with Crippen LogP contribution < -0.4 is 5.43 Å². The highest BCUT2D eigenvalue weighted by Gasteiger charge is 2.24. The van der Waals surface area contributed by atoms with E-state index >= 15 is 0 Å². The van der Waals surface area contributed by atoms with E-state index in [4.69, 9.17) is 0 Å². The molecule has 0 aliphatic heterocycles. The number of hydrogen-bond donors (Lipinski definition) is 0. The molecule has 0 fully saturated rings. The van der Waals surface area contributed by atoms with E-state index in [2.05, 4.69) is 0 Å². The highest BCUT2D eigenvalue weighted by molar-refractivity contribution is 7.90. The number of benzene rings is 3. The van der Waals surface area contributed by atoms with Crippen LogP contribution in [0.3, 0.4) is 0 Å². The van der Waals surface area contributed by atoms with Crippen LogP contribution in [0.2, 0.25) is 0 Å². The number of nitrogens with zero attached hydrogens (tertiary/aromatic N) is 1. The fourth-order valence-electron chi connectivity index (χ4n) is 3.20. The summed E-state index contributed by atoms with van der Waals surface area (Å²) in [6.45, 7) is 1.82. The molecule has 0 amide bonds. The van der Waals surface area contributed by atoms with Gasteiger partial charge in [-0.3, -0.25) is 9.59 Å². The summed E-state index contributed by atoms with van der Waals surface area (Å²) in [4.78, 5) is 25.9. The largest absolute Gasteiger partial charge is 0.288 e. The first kappa shape index (κ1) is 19.7. The molecule has 0 saturated carbocycles. The SMILES string of the molecule is Cc1ccc(S(=O)(=O)n2cc(C(=O)c3ccccc3)c(=O)c3ccc(F)cc32)cc1. The van der Waals surface area contributed by atoms with Crippen molar-refractivity contribution in [3.05, 3.63) is 112 Å². The topological polar surface area (TPSA) is 73.2 Å². The predicted octanol–water partition coefficient (Wildman–Crippen LogP) is 3.92. The summed E-state index contributed by atoms with van der Waals surface area (Å²) in [6.07, 6.45) is 0.981. The standard InChI is InChI=1S/C23H16FNO4S/c1-15-7-10-18(11-8-15)30(28,29)25-14-20(22(26)16-5-3-2-4-6-16)23(27)19-12-9-17(24)13-21(19)25/h2-14H,1H3. The summed E-state index contributed by atoms with van der Waals surface area (Å²) in [7, 11) is -4.20. The molecule has 5 nitrogen and oxygen atoms in total. The van der Waals surface area contributed by atoms with Crippen molar-refractivity contribution in [2.45, 2.75) is 11.8 Å². The van der Waals surface area contributed by atoms with Crippen LogP contribution in [0, 0.1) is 12.7 Å². The quantitative estimate of drug-likeness (QED) is 0.468. The summed E-state index contributed by atoms with van der Waals surface area (Å²) in [5.41, 5.74) is 0.00967. The molecule has 7 heteroatoms. The van der Waals surface area contributed by atoms with E-state index < -0.39 is 27.1 Å². The zero-order chi connectivity index (χ0) is 21.5. The Morgan fingerprint density at radius 1 is 0.933 bits per heavy atom. The summed E-state index contributed by atoms with van der Waals surface area (Å²) < 4.78 is 41.4. The van der Waals surface area contributed by atoms with Gasteiger partial charge in [-0.2, -0.15) is 0 Å². The van der Waals surface area contributed by atoms with E-state index in [1.54, 1.807) is 30.3 Å². The van der Waals surface area contributed by atoms with Crippen LogP contribution >= 0.6 is 0 Å². The van der Waals surface area contributed by atoms with E-state index in [1.807, 2.05) is 6.92 Å². The lowest BCUT2D eigenvalue weighted by atomic mass is 10.0. The van der Waals surface area contributed by atoms with Crippen molar-refractivity contribution in [2.75, 3.05) is 0 Å². The van der Waals surface area contributed by atoms with Crippen molar-refractivity contribution in [2.24, 2.45) is 0 Å². The number of fused-ring (bicyclic) bond motifs is 1. The van der Waals surface area contributed by atoms with Crippen molar-refractivity contribution in [3.8, 4) is 0 Å². The van der Waals surface area contributed by atoms with Gasteiger partial charge in [-0.15, -0.1) is 0 Å². The number of halogens is 1. The van der Waals surface area contributed by atoms with Gasteiger partial charge < -0.3 is 0 Å². The molecule has 0 spiro atoms. The molecule has 0 aliphatic rings. The van der Waals surface area contributed by atoms with Crippen LogP contribution in [-0.4, -0.2) is 18.2 Å². The van der Waals surface area contributed by atoms with Crippen LogP contribution in [0.25, 0.3) is 10.9 Å². The minimum atomic E-state index is -4.20. The third kappa shape index (κ3) is 3.33. The second-order valence-electron chi connectivity index (χ2n) is 6.84. The maximum Gasteiger partial charge on any atom is 0.268 e. The van der Waals surface area contributed by atoms with Gasteiger partial charge in [-0.1, -0.05) is 48.0 Å². The summed E-state index contributed by atoms with van der Waals surface area (Å²) >= 11 is 0. The van der Waals surface area contributed by atoms with Gasteiger partial charge in [0.05, 0.1) is 16.0 Å². The lowest BCUT2D eigenvalue weighted by Crippen LogP contribution is -2.23. The number of rotatable bonds is 4. The minimum absolute atomic E-state index is 0.0413. The maximum atomic E-state index is 13.9. The summed E-state index contributed by atoms with van der Waals surface area (Å²) in [6, 6.07) is 17.4. The molecule has 3 aromatic carbocycles. The van der Waals surface area contributed by atoms with Gasteiger partial charge in [0.25, 0.3) is 10.0 Å². The minimum Gasteiger partial charge on any atom is -0.288 e. The number of aryl methyl sites for hydroxylation is 1. The molecule has 0 bridgehead atoms. The third-order valence-corrected chi connectivity index (χ3v) is 6.48. The fraction of sp³-hybridized carbons (Fsp3) is 0.0435. The van der Waals surface area contributed by atoms with Crippen LogP contribution in [0.4, 0.5) is 4.39 Å². The molecule has 30 heavy (non-hydrogen) atoms. The van der Waals surface area contributed by atoms with Gasteiger partial charge in [0.2, 0.25) is 5.43 Å². The van der Waals surface area contributed by atoms with Gasteiger partial charge in [0, 0.05) is 17.1 Å². The predicted molar refractivity (Wildman–Crippen MR) is 112 cm³/mol. The number of ketones is 1. The van der Waals surface area contributed by atoms with Crippen molar-refractivity contribution in [1.82, 2.24) is 3.97 Å². The van der Waals surface area contributed by atoms with E-state index in [9.17, 15) is 22.4 Å². The Kier molecular flexibility index (Phi) is 4.83. The third-order valence-electron chi connectivity index (χ3n) is 4.79. The zero-order valence-corrected chi connectivity index (χ0v) is 16.7. The summed E-state index contributed by atoms with van der Waals surface area (Å²) in [5.74, 6) is -1.31. The van der Waals surface area contributed by atoms with Crippen molar-refractivity contribution in [1.29, 1.82) is 0 Å². The number of pyridine rings is 1. The molecular formula is C23H16FNO4S. The molecule has 4 aromatic rings. The van der Waals surface area contributed by atoms with Crippen molar-refractivity contribution < 1.29 is 17.6 Å². The van der Waals surface area contributed by atoms with E-state index in [0.717, 1.165) is 27.9 Å². The molecule has 0 unspecified atom stereocenters. The van der Waals surface area contributed by atoms with Gasteiger partial charge in [-0.05, 0) is 37.3 Å². The Morgan fingerprint density at radius 2 is 1.60 bits per heavy atom. The molecular weight excluding hydrogens is 405 g/mol. The fourth-order valence-corrected chi connectivity index (χ4v) is 4.56. The Morgan fingerprint density at radius 3 is 2.27 bits per heavy atom. The smallest absolute Gasteiger partial charge is 0.268 e. The number of carbonyl (C=O) groups excluding carboxylic acids is 1. The van der Waals surface area contributed by atoms with Crippen LogP contribution in [-0.2, 0) is 10.0 Å². The number of aromatic nitrogens is 1. The van der Waals surface area contributed by atoms with Gasteiger partial charge in [0.1, 0.15) is 5.82 Å². The Bertz CT molecular complexity index is 1440. The summed E-state index contributed by atoms with van der Waals surface area (Å²) in [5, 5.41) is -0.0612. The second kappa shape index (κ2) is 7.35. The van der Waals surface area contributed by atoms with Gasteiger partial charge in [0.15, 0.2) is 5.78 Å². The average Bonchev–Trinajstić information content (AvgIpc) is 2.74. The Balaban J connectivity index is 2.05. The molecule has 1 aromatic heterocycles. The molecule has 4 rings (SSSR count). The highest BCUT2D eigenvalue weighted by atomic mass is 32.2. The second-order valence-corrected chi connectivity index (χ2v) is 8.66. The van der Waals surface area contributed by atoms with Crippen molar-refractivity contribution >= 4 is 26.7 Å². The molecule has 1 heterocycles. The van der Waals surface area contributed by atoms with Gasteiger partial charge >= 0.3 is 0 Å². The molecule has 0 atom stereocenters. The van der Waals surface area contributed by atoms with E-state index in [0.29, 0.717) is 0 Å². The van der Waals surface area contributed by atoms with Crippen LogP contribution in [0.5, 0.6) is 0 Å². The highest BCUT2D eigenvalue weighted by Crippen LogP contribution is 2.22. The van der Waals surface area contributed by atoms with Gasteiger partial charge in [-0.25, -0.2) is 16.8 Å². The Hall–Kier alpha value is -3.58. The molecule has 0 aliphatic carbocycles. The van der Waals surface area contributed by atoms with E-state index in [1.165, 1.54) is 30.3 Å². The maximum absolute atomic E-state index is 13.9. The first-order valence-electron chi connectivity index (χ1n) is 9.06. The van der Waals surface area contributed by atoms with Crippen LogP contribution in [0.1, 0.15) is 21.5 Å². The molecule has 0 N–H and O–H groups in total. The lowest BCUT2D eigenvalue weighted by molar-refractivity contribution is 0.103. The first-order valence-corrected chi connectivity index (χ1v) is 10.5. The first-order chi connectivity index (χ1) is 14.3. The molecule has 150 valence electrons. The van der Waals surface area contributed by atoms with Crippen LogP contribution in [0.15, 0.2) is 88.7 Å².